The van der Waals surface area contributed by atoms with Crippen LogP contribution in [0.3, 0.4) is 0 Å². The minimum Gasteiger partial charge on any atom is -0.497 e. The summed E-state index contributed by atoms with van der Waals surface area (Å²) in [5, 5.41) is 10.5. The van der Waals surface area contributed by atoms with Crippen molar-refractivity contribution < 1.29 is 24.2 Å². The van der Waals surface area contributed by atoms with E-state index in [0.29, 0.717) is 16.9 Å². The number of aliphatic hydroxyl groups is 1. The maximum atomic E-state index is 13.5. The van der Waals surface area contributed by atoms with Crippen LogP contribution in [0.4, 0.5) is 0 Å². The Morgan fingerprint density at radius 3 is 2.41 bits per heavy atom. The van der Waals surface area contributed by atoms with Gasteiger partial charge < -0.3 is 14.7 Å². The van der Waals surface area contributed by atoms with Crippen molar-refractivity contribution >= 4 is 17.7 Å². The van der Waals surface area contributed by atoms with Crippen molar-refractivity contribution in [1.29, 1.82) is 0 Å². The first-order valence-corrected chi connectivity index (χ1v) is 10.8. The van der Waals surface area contributed by atoms with Gasteiger partial charge in [0.25, 0.3) is 0 Å². The van der Waals surface area contributed by atoms with Crippen LogP contribution in [0.2, 0.25) is 0 Å². The molecule has 2 atom stereocenters. The number of carbonyl (C=O) groups is 3. The van der Waals surface area contributed by atoms with Crippen LogP contribution in [-0.2, 0) is 19.8 Å². The van der Waals surface area contributed by atoms with Crippen LogP contribution in [0.15, 0.2) is 54.6 Å². The Balaban J connectivity index is 1.58. The lowest BCUT2D eigenvalue weighted by molar-refractivity contribution is -0.143. The van der Waals surface area contributed by atoms with Crippen LogP contribution in [0.25, 0.3) is 0 Å². The number of likely N-dealkylation sites (tertiary alicyclic amines) is 1. The van der Waals surface area contributed by atoms with E-state index >= 15 is 0 Å². The predicted octanol–water partition coefficient (Wildman–Crippen LogP) is 2.44. The zero-order chi connectivity index (χ0) is 22.9. The highest BCUT2D eigenvalue weighted by molar-refractivity contribution is 6.11. The molecule has 1 saturated heterocycles. The summed E-state index contributed by atoms with van der Waals surface area (Å²) in [5.74, 6) is -0.197. The Morgan fingerprint density at radius 1 is 1.16 bits per heavy atom. The number of ether oxygens (including phenoxy) is 1. The van der Waals surface area contributed by atoms with Gasteiger partial charge in [0, 0.05) is 25.9 Å². The van der Waals surface area contributed by atoms with Gasteiger partial charge in [0.2, 0.25) is 17.7 Å². The second-order valence-corrected chi connectivity index (χ2v) is 8.66. The normalized spacial score (nSPS) is 21.5. The average Bonchev–Trinajstić information content (AvgIpc) is 3.60. The summed E-state index contributed by atoms with van der Waals surface area (Å²) in [6, 6.07) is 16.1. The Hall–Kier alpha value is -3.19. The zero-order valence-corrected chi connectivity index (χ0v) is 18.4. The number of hydrogen-bond acceptors (Lipinski definition) is 5. The number of likely N-dealkylation sites (N-methyl/N-ethyl adjacent to an activating group) is 1. The second kappa shape index (κ2) is 8.74. The second-order valence-electron chi connectivity index (χ2n) is 8.66. The summed E-state index contributed by atoms with van der Waals surface area (Å²) in [4.78, 5) is 42.3. The molecule has 4 rings (SSSR count). The lowest BCUT2D eigenvalue weighted by Gasteiger charge is -2.30. The van der Waals surface area contributed by atoms with E-state index in [1.807, 2.05) is 18.2 Å². The molecule has 1 saturated carbocycles. The van der Waals surface area contributed by atoms with Gasteiger partial charge in [0.15, 0.2) is 0 Å². The minimum absolute atomic E-state index is 0.0323. The van der Waals surface area contributed by atoms with Crippen molar-refractivity contribution in [3.63, 3.8) is 0 Å². The van der Waals surface area contributed by atoms with E-state index in [9.17, 15) is 19.5 Å². The number of hydrogen-bond donors (Lipinski definition) is 1. The molecule has 1 aliphatic heterocycles. The molecule has 0 aromatic heterocycles. The van der Waals surface area contributed by atoms with Gasteiger partial charge in [0.05, 0.1) is 25.2 Å². The van der Waals surface area contributed by atoms with Gasteiger partial charge in [0.1, 0.15) is 5.75 Å². The molecule has 2 fully saturated rings. The summed E-state index contributed by atoms with van der Waals surface area (Å²) in [5.41, 5.74) is 0.101. The van der Waals surface area contributed by atoms with Crippen molar-refractivity contribution in [3.05, 3.63) is 65.7 Å². The molecule has 168 valence electrons. The highest BCUT2D eigenvalue weighted by atomic mass is 16.5. The Kier molecular flexibility index (Phi) is 6.02. The van der Waals surface area contributed by atoms with Crippen LogP contribution >= 0.6 is 0 Å². The number of benzene rings is 2. The van der Waals surface area contributed by atoms with E-state index in [4.69, 9.17) is 4.74 Å². The van der Waals surface area contributed by atoms with Gasteiger partial charge in [-0.2, -0.15) is 0 Å². The number of methoxy groups -OCH3 is 1. The SMILES string of the molecule is COc1ccc([C@@]2(CC(=O)N(C)C[C@H](O)c3ccccc3)CC(=O)N(C3CC3)C2=O)cc1. The molecule has 7 nitrogen and oxygen atoms in total. The number of nitrogens with zero attached hydrogens (tertiary/aromatic N) is 2. The highest BCUT2D eigenvalue weighted by Gasteiger charge is 2.57. The highest BCUT2D eigenvalue weighted by Crippen LogP contribution is 2.44. The van der Waals surface area contributed by atoms with Gasteiger partial charge in [-0.15, -0.1) is 0 Å². The quantitative estimate of drug-likeness (QED) is 0.643. The largest absolute Gasteiger partial charge is 0.497 e. The maximum absolute atomic E-state index is 13.5. The zero-order valence-electron chi connectivity index (χ0n) is 18.4. The van der Waals surface area contributed by atoms with Crippen LogP contribution < -0.4 is 4.74 Å². The van der Waals surface area contributed by atoms with E-state index < -0.39 is 11.5 Å². The molecule has 7 heteroatoms. The molecular weight excluding hydrogens is 408 g/mol. The van der Waals surface area contributed by atoms with Crippen molar-refractivity contribution in [2.24, 2.45) is 0 Å². The van der Waals surface area contributed by atoms with Crippen LogP contribution in [0.1, 0.15) is 42.9 Å². The van der Waals surface area contributed by atoms with Crippen molar-refractivity contribution in [1.82, 2.24) is 9.80 Å². The standard InChI is InChI=1S/C25H28N2O5/c1-26(16-21(28)17-6-4-3-5-7-17)22(29)14-25(18-8-12-20(32-2)13-9-18)15-23(30)27(24(25)31)19-10-11-19/h3-9,12-13,19,21,28H,10-11,14-16H2,1-2H3/t21-,25+/m0/s1. The number of imide groups is 1. The summed E-state index contributed by atoms with van der Waals surface area (Å²) < 4.78 is 5.22. The fourth-order valence-corrected chi connectivity index (χ4v) is 4.38. The minimum atomic E-state index is -1.24. The van der Waals surface area contributed by atoms with Crippen LogP contribution in [-0.4, -0.2) is 59.4 Å². The van der Waals surface area contributed by atoms with Gasteiger partial charge in [-0.1, -0.05) is 42.5 Å². The van der Waals surface area contributed by atoms with E-state index in [0.717, 1.165) is 12.8 Å². The molecule has 1 heterocycles. The molecule has 0 bridgehead atoms. The molecule has 32 heavy (non-hydrogen) atoms. The summed E-state index contributed by atoms with van der Waals surface area (Å²) in [6.07, 6.45) is 0.618. The summed E-state index contributed by atoms with van der Waals surface area (Å²) in [6.45, 7) is 0.0933. The summed E-state index contributed by atoms with van der Waals surface area (Å²) >= 11 is 0. The fraction of sp³-hybridized carbons (Fsp3) is 0.400. The molecule has 0 unspecified atom stereocenters. The molecular formula is C25H28N2O5. The van der Waals surface area contributed by atoms with E-state index in [1.165, 1.54) is 9.80 Å². The molecule has 2 aromatic carbocycles. The number of carbonyl (C=O) groups excluding carboxylic acids is 3. The van der Waals surface area contributed by atoms with Crippen LogP contribution in [0, 0.1) is 0 Å². The van der Waals surface area contributed by atoms with Gasteiger partial charge in [-0.05, 0) is 36.1 Å². The van der Waals surface area contributed by atoms with Crippen molar-refractivity contribution in [3.8, 4) is 5.75 Å². The lowest BCUT2D eigenvalue weighted by atomic mass is 9.75. The third-order valence-corrected chi connectivity index (χ3v) is 6.41. The molecule has 1 aliphatic carbocycles. The fourth-order valence-electron chi connectivity index (χ4n) is 4.38. The maximum Gasteiger partial charge on any atom is 0.241 e. The third-order valence-electron chi connectivity index (χ3n) is 6.41. The number of aliphatic hydroxyl groups excluding tert-OH is 1. The first-order chi connectivity index (χ1) is 15.4. The van der Waals surface area contributed by atoms with Gasteiger partial charge >= 0.3 is 0 Å². The molecule has 0 spiro atoms. The third kappa shape index (κ3) is 4.12. The Labute approximate surface area is 187 Å². The van der Waals surface area contributed by atoms with Crippen LogP contribution in [0.5, 0.6) is 5.75 Å². The smallest absolute Gasteiger partial charge is 0.241 e. The monoisotopic (exact) mass is 436 g/mol. The Morgan fingerprint density at radius 2 is 1.81 bits per heavy atom. The van der Waals surface area contributed by atoms with Crippen molar-refractivity contribution in [2.75, 3.05) is 20.7 Å². The Bertz CT molecular complexity index is 1000. The average molecular weight is 437 g/mol. The first kappa shape index (κ1) is 22.0. The number of rotatable bonds is 8. The molecule has 1 N–H and O–H groups in total. The van der Waals surface area contributed by atoms with E-state index in [2.05, 4.69) is 0 Å². The molecule has 0 radical (unpaired) electrons. The van der Waals surface area contributed by atoms with E-state index in [1.54, 1.807) is 50.6 Å². The molecule has 3 amide bonds. The van der Waals surface area contributed by atoms with Gasteiger partial charge in [-0.25, -0.2) is 0 Å². The van der Waals surface area contributed by atoms with Gasteiger partial charge in [-0.3, -0.25) is 19.3 Å². The first-order valence-electron chi connectivity index (χ1n) is 10.8. The predicted molar refractivity (Wildman–Crippen MR) is 118 cm³/mol. The molecule has 2 aliphatic rings. The number of amides is 3. The lowest BCUT2D eigenvalue weighted by Crippen LogP contribution is -2.44. The van der Waals surface area contributed by atoms with Crippen molar-refractivity contribution in [2.45, 2.75) is 43.2 Å². The topological polar surface area (TPSA) is 87.2 Å². The summed E-state index contributed by atoms with van der Waals surface area (Å²) in [7, 11) is 3.16. The van der Waals surface area contributed by atoms with E-state index in [-0.39, 0.29) is 43.1 Å². The molecule has 2 aromatic rings.